The number of imide groups is 1. The smallest absolute Gasteiger partial charge is 0.319 e. The van der Waals surface area contributed by atoms with Gasteiger partial charge in [0.05, 0.1) is 23.9 Å². The number of fused-ring (bicyclic) bond motifs is 1. The minimum Gasteiger partial charge on any atom is -0.319 e. The van der Waals surface area contributed by atoms with Crippen molar-refractivity contribution >= 4 is 28.2 Å². The molecule has 9 heteroatoms. The van der Waals surface area contributed by atoms with Gasteiger partial charge in [0, 0.05) is 17.6 Å². The summed E-state index contributed by atoms with van der Waals surface area (Å²) in [6, 6.07) is 9.31. The predicted molar refractivity (Wildman–Crippen MR) is 96.9 cm³/mol. The van der Waals surface area contributed by atoms with E-state index >= 15 is 0 Å². The standard InChI is InChI=1S/C18H13N5O3S/c1-18(12-4-2-3-11(7-12)9-19)15(25)23(16(26)21-18)10-13-8-14(24)22-5-6-27-17(22)20-13/h2-8H,10H2,1H3,(H,21,26). The quantitative estimate of drug-likeness (QED) is 0.696. The van der Waals surface area contributed by atoms with Crippen LogP contribution in [0.25, 0.3) is 4.96 Å². The van der Waals surface area contributed by atoms with Crippen molar-refractivity contribution < 1.29 is 9.59 Å². The molecule has 3 amide bonds. The second kappa shape index (κ2) is 6.03. The van der Waals surface area contributed by atoms with Gasteiger partial charge in [-0.05, 0) is 24.6 Å². The fraction of sp³-hybridized carbons (Fsp3) is 0.167. The summed E-state index contributed by atoms with van der Waals surface area (Å²) in [5, 5.41) is 13.5. The molecule has 1 aromatic carbocycles. The molecule has 0 bridgehead atoms. The molecule has 3 heterocycles. The lowest BCUT2D eigenvalue weighted by Gasteiger charge is -2.22. The van der Waals surface area contributed by atoms with E-state index < -0.39 is 17.5 Å². The predicted octanol–water partition coefficient (Wildman–Crippen LogP) is 1.59. The summed E-state index contributed by atoms with van der Waals surface area (Å²) in [7, 11) is 0. The average Bonchev–Trinajstić information content (AvgIpc) is 3.21. The Balaban J connectivity index is 1.68. The lowest BCUT2D eigenvalue weighted by molar-refractivity contribution is -0.131. The zero-order valence-electron chi connectivity index (χ0n) is 14.2. The molecule has 0 spiro atoms. The topological polar surface area (TPSA) is 108 Å². The first-order valence-electron chi connectivity index (χ1n) is 8.03. The molecule has 2 aromatic heterocycles. The highest BCUT2D eigenvalue weighted by Crippen LogP contribution is 2.30. The van der Waals surface area contributed by atoms with Gasteiger partial charge in [-0.1, -0.05) is 12.1 Å². The zero-order valence-corrected chi connectivity index (χ0v) is 15.0. The molecule has 0 saturated carbocycles. The number of urea groups is 1. The van der Waals surface area contributed by atoms with Crippen molar-refractivity contribution in [1.29, 1.82) is 5.26 Å². The number of carbonyl (C=O) groups is 2. The van der Waals surface area contributed by atoms with Gasteiger partial charge in [-0.3, -0.25) is 18.9 Å². The van der Waals surface area contributed by atoms with Crippen LogP contribution in [-0.4, -0.2) is 26.2 Å². The van der Waals surface area contributed by atoms with E-state index in [0.717, 1.165) is 4.90 Å². The third-order valence-corrected chi connectivity index (χ3v) is 5.28. The Morgan fingerprint density at radius 2 is 2.11 bits per heavy atom. The van der Waals surface area contributed by atoms with Crippen LogP contribution in [0.2, 0.25) is 0 Å². The SMILES string of the molecule is CC1(c2cccc(C#N)c2)NC(=O)N(Cc2cc(=O)n3ccsc3n2)C1=O. The maximum atomic E-state index is 13.0. The minimum atomic E-state index is -1.29. The Morgan fingerprint density at radius 3 is 2.89 bits per heavy atom. The van der Waals surface area contributed by atoms with E-state index in [1.807, 2.05) is 6.07 Å². The zero-order chi connectivity index (χ0) is 19.2. The van der Waals surface area contributed by atoms with Gasteiger partial charge in [-0.25, -0.2) is 9.78 Å². The summed E-state index contributed by atoms with van der Waals surface area (Å²) < 4.78 is 1.40. The van der Waals surface area contributed by atoms with Crippen LogP contribution < -0.4 is 10.9 Å². The number of nitrogens with one attached hydrogen (secondary N) is 1. The van der Waals surface area contributed by atoms with Gasteiger partial charge in [0.1, 0.15) is 5.54 Å². The van der Waals surface area contributed by atoms with Crippen LogP contribution in [0.4, 0.5) is 4.79 Å². The van der Waals surface area contributed by atoms with Crippen molar-refractivity contribution in [2.24, 2.45) is 0 Å². The summed E-state index contributed by atoms with van der Waals surface area (Å²) in [6.07, 6.45) is 1.62. The molecule has 1 saturated heterocycles. The summed E-state index contributed by atoms with van der Waals surface area (Å²) in [5.41, 5.74) is -0.309. The van der Waals surface area contributed by atoms with E-state index in [1.165, 1.54) is 21.8 Å². The van der Waals surface area contributed by atoms with Gasteiger partial charge in [0.15, 0.2) is 4.96 Å². The third-order valence-electron chi connectivity index (χ3n) is 4.52. The number of hydrogen-bond donors (Lipinski definition) is 1. The lowest BCUT2D eigenvalue weighted by Crippen LogP contribution is -2.40. The molecule has 1 unspecified atom stereocenters. The number of nitriles is 1. The van der Waals surface area contributed by atoms with Crippen molar-refractivity contribution in [3.05, 3.63) is 69.1 Å². The molecule has 0 radical (unpaired) electrons. The molecule has 0 aliphatic carbocycles. The largest absolute Gasteiger partial charge is 0.325 e. The molecule has 3 aromatic rings. The van der Waals surface area contributed by atoms with Crippen molar-refractivity contribution in [1.82, 2.24) is 19.6 Å². The number of carbonyl (C=O) groups excluding carboxylic acids is 2. The summed E-state index contributed by atoms with van der Waals surface area (Å²) in [5.74, 6) is -0.462. The normalized spacial score (nSPS) is 19.3. The molecule has 8 nitrogen and oxygen atoms in total. The maximum absolute atomic E-state index is 13.0. The second-order valence-corrected chi connectivity index (χ2v) is 7.15. The van der Waals surface area contributed by atoms with Gasteiger partial charge < -0.3 is 5.32 Å². The van der Waals surface area contributed by atoms with Crippen molar-refractivity contribution in [3.8, 4) is 6.07 Å². The highest BCUT2D eigenvalue weighted by atomic mass is 32.1. The van der Waals surface area contributed by atoms with Crippen LogP contribution in [0.5, 0.6) is 0 Å². The Bertz CT molecular complexity index is 1190. The molecule has 1 aliphatic rings. The van der Waals surface area contributed by atoms with E-state index in [-0.39, 0.29) is 12.1 Å². The molecule has 1 aliphatic heterocycles. The summed E-state index contributed by atoms with van der Waals surface area (Å²) in [4.78, 5) is 43.4. The molecule has 134 valence electrons. The van der Waals surface area contributed by atoms with Crippen molar-refractivity contribution in [2.75, 3.05) is 0 Å². The maximum Gasteiger partial charge on any atom is 0.325 e. The van der Waals surface area contributed by atoms with Gasteiger partial charge in [0.25, 0.3) is 11.5 Å². The van der Waals surface area contributed by atoms with E-state index in [4.69, 9.17) is 5.26 Å². The number of hydrogen-bond acceptors (Lipinski definition) is 6. The summed E-state index contributed by atoms with van der Waals surface area (Å²) in [6.45, 7) is 1.48. The average molecular weight is 379 g/mol. The van der Waals surface area contributed by atoms with E-state index in [1.54, 1.807) is 42.8 Å². The Hall–Kier alpha value is -3.51. The first-order chi connectivity index (χ1) is 12.9. The first-order valence-corrected chi connectivity index (χ1v) is 8.91. The Kier molecular flexibility index (Phi) is 3.78. The van der Waals surface area contributed by atoms with Crippen LogP contribution in [0.3, 0.4) is 0 Å². The van der Waals surface area contributed by atoms with E-state index in [9.17, 15) is 14.4 Å². The number of thiazole rings is 1. The van der Waals surface area contributed by atoms with Gasteiger partial charge in [-0.15, -0.1) is 11.3 Å². The Labute approximate surface area is 157 Å². The number of rotatable bonds is 3. The van der Waals surface area contributed by atoms with Crippen molar-refractivity contribution in [2.45, 2.75) is 19.0 Å². The van der Waals surface area contributed by atoms with Crippen LogP contribution in [0, 0.1) is 11.3 Å². The molecule has 27 heavy (non-hydrogen) atoms. The lowest BCUT2D eigenvalue weighted by atomic mass is 9.91. The Morgan fingerprint density at radius 1 is 1.30 bits per heavy atom. The number of nitrogens with zero attached hydrogens (tertiary/aromatic N) is 4. The third kappa shape index (κ3) is 2.67. The minimum absolute atomic E-state index is 0.109. The second-order valence-electron chi connectivity index (χ2n) is 6.28. The highest BCUT2D eigenvalue weighted by Gasteiger charge is 2.49. The number of amides is 3. The fourth-order valence-corrected chi connectivity index (χ4v) is 3.81. The molecular weight excluding hydrogens is 366 g/mol. The molecule has 1 atom stereocenters. The number of benzene rings is 1. The van der Waals surface area contributed by atoms with Gasteiger partial charge in [-0.2, -0.15) is 5.26 Å². The molecular formula is C18H13N5O3S. The van der Waals surface area contributed by atoms with Gasteiger partial charge in [0.2, 0.25) is 0 Å². The number of aromatic nitrogens is 2. The van der Waals surface area contributed by atoms with E-state index in [0.29, 0.717) is 21.8 Å². The van der Waals surface area contributed by atoms with Gasteiger partial charge >= 0.3 is 6.03 Å². The molecule has 1 N–H and O–H groups in total. The molecule has 1 fully saturated rings. The monoisotopic (exact) mass is 379 g/mol. The first kappa shape index (κ1) is 16.9. The van der Waals surface area contributed by atoms with Crippen LogP contribution >= 0.6 is 11.3 Å². The molecule has 4 rings (SSSR count). The van der Waals surface area contributed by atoms with Crippen molar-refractivity contribution in [3.63, 3.8) is 0 Å². The van der Waals surface area contributed by atoms with E-state index in [2.05, 4.69) is 10.3 Å². The summed E-state index contributed by atoms with van der Waals surface area (Å²) >= 11 is 1.29. The van der Waals surface area contributed by atoms with Crippen LogP contribution in [-0.2, 0) is 16.9 Å². The highest BCUT2D eigenvalue weighted by molar-refractivity contribution is 7.15. The fourth-order valence-electron chi connectivity index (χ4n) is 3.07. The van der Waals surface area contributed by atoms with Crippen LogP contribution in [0.15, 0.2) is 46.7 Å². The van der Waals surface area contributed by atoms with Crippen LogP contribution in [0.1, 0.15) is 23.7 Å².